The molecule has 4 radical (unpaired) electrons. The average Bonchev–Trinajstić information content (AvgIpc) is 0.918. The van der Waals surface area contributed by atoms with E-state index >= 15 is 0 Å². The molecule has 0 bridgehead atoms. The first-order valence-corrected chi connectivity index (χ1v) is 2.20. The summed E-state index contributed by atoms with van der Waals surface area (Å²) >= 11 is 2.07. The number of nitrogens with two attached hydrogens (primary N) is 1. The Balaban J connectivity index is 0. The Bertz CT molecular complexity index is 8.00. The van der Waals surface area contributed by atoms with Crippen LogP contribution >= 0.6 is 22.6 Å². The van der Waals surface area contributed by atoms with Crippen molar-refractivity contribution < 1.29 is 0 Å². The molecule has 0 aromatic heterocycles. The van der Waals surface area contributed by atoms with E-state index in [-0.39, 0.29) is 27.3 Å². The first-order chi connectivity index (χ1) is 1.41. The summed E-state index contributed by atoms with van der Waals surface area (Å²) in [4.78, 5) is 0. The van der Waals surface area contributed by atoms with Gasteiger partial charge in [0.05, 0.1) is 0 Å². The number of halogens is 1. The van der Waals surface area contributed by atoms with Crippen LogP contribution in [-0.4, -0.2) is 31.9 Å². The predicted octanol–water partition coefficient (Wildman–Crippen LogP) is -0.0432. The van der Waals surface area contributed by atoms with Gasteiger partial charge in [0.2, 0.25) is 0 Å². The van der Waals surface area contributed by atoms with E-state index in [0.717, 1.165) is 4.55 Å². The van der Waals surface area contributed by atoms with Gasteiger partial charge in [0.15, 0.2) is 0 Å². The van der Waals surface area contributed by atoms with Gasteiger partial charge in [-0.25, -0.2) is 0 Å². The van der Waals surface area contributed by atoms with Crippen LogP contribution in [0.3, 0.4) is 0 Å². The number of alkyl halides is 1. The minimum atomic E-state index is 0. The molecule has 0 atom stereocenters. The summed E-state index contributed by atoms with van der Waals surface area (Å²) in [6, 6.07) is 0. The van der Waals surface area contributed by atoms with Crippen LogP contribution in [-0.2, 0) is 0 Å². The van der Waals surface area contributed by atoms with E-state index in [9.17, 15) is 0 Å². The van der Waals surface area contributed by atoms with Crippen LogP contribution in [0.2, 0.25) is 0 Å². The second kappa shape index (κ2) is 8.82. The van der Waals surface area contributed by atoms with Gasteiger partial charge in [0.1, 0.15) is 0 Å². The molecule has 0 saturated carbocycles. The van der Waals surface area contributed by atoms with Gasteiger partial charge in [-0.3, -0.25) is 0 Å². The molecular formula is CH4INPb. The standard InChI is InChI=1S/CH4IN.Pb/c2-1-3;/h1,3H2;. The molecule has 0 fully saturated rings. The van der Waals surface area contributed by atoms with E-state index in [0.29, 0.717) is 0 Å². The largest absolute Gasteiger partial charge is 0.322 e. The molecule has 0 amide bonds. The zero-order valence-electron chi connectivity index (χ0n) is 2.16. The Hall–Kier alpha value is 1.61. The quantitative estimate of drug-likeness (QED) is 0.278. The Morgan fingerprint density at radius 2 is 1.75 bits per heavy atom. The van der Waals surface area contributed by atoms with Crippen LogP contribution in [0.1, 0.15) is 0 Å². The van der Waals surface area contributed by atoms with Gasteiger partial charge in [-0.2, -0.15) is 0 Å². The summed E-state index contributed by atoms with van der Waals surface area (Å²) in [6.45, 7) is 0. The van der Waals surface area contributed by atoms with Crippen LogP contribution in [0.5, 0.6) is 0 Å². The van der Waals surface area contributed by atoms with Gasteiger partial charge in [0, 0.05) is 31.9 Å². The average molecular weight is 364 g/mol. The summed E-state index contributed by atoms with van der Waals surface area (Å²) in [7, 11) is 0. The van der Waals surface area contributed by atoms with Crippen LogP contribution < -0.4 is 5.73 Å². The fourth-order valence-electron chi connectivity index (χ4n) is 0. The summed E-state index contributed by atoms with van der Waals surface area (Å²) < 4.78 is 0.720. The van der Waals surface area contributed by atoms with Gasteiger partial charge >= 0.3 is 0 Å². The molecule has 0 aromatic rings. The number of rotatable bonds is 0. The molecule has 0 aliphatic rings. The van der Waals surface area contributed by atoms with Crippen molar-refractivity contribution >= 4 is 49.9 Å². The first kappa shape index (κ1) is 9.15. The molecule has 0 aliphatic heterocycles. The number of hydrogen-bond donors (Lipinski definition) is 1. The smallest absolute Gasteiger partial charge is 0.0454 e. The van der Waals surface area contributed by atoms with Crippen molar-refractivity contribution in [2.45, 2.75) is 0 Å². The third kappa shape index (κ3) is 9.48. The molecule has 0 unspecified atom stereocenters. The van der Waals surface area contributed by atoms with Crippen molar-refractivity contribution in [2.24, 2.45) is 5.73 Å². The third-order valence-corrected chi connectivity index (χ3v) is 0. The van der Waals surface area contributed by atoms with Gasteiger partial charge in [-0.1, -0.05) is 22.6 Å². The minimum absolute atomic E-state index is 0. The van der Waals surface area contributed by atoms with E-state index in [2.05, 4.69) is 22.6 Å². The molecule has 0 heterocycles. The Morgan fingerprint density at radius 1 is 1.75 bits per heavy atom. The van der Waals surface area contributed by atoms with Gasteiger partial charge < -0.3 is 5.73 Å². The Labute approximate surface area is 59.6 Å². The van der Waals surface area contributed by atoms with Crippen LogP contribution in [0.25, 0.3) is 0 Å². The van der Waals surface area contributed by atoms with Crippen LogP contribution in [0.15, 0.2) is 0 Å². The summed E-state index contributed by atoms with van der Waals surface area (Å²) in [5.41, 5.74) is 4.83. The molecule has 0 saturated heterocycles. The fraction of sp³-hybridized carbons (Fsp3) is 1.00. The molecule has 3 heteroatoms. The maximum atomic E-state index is 4.83. The Kier molecular flexibility index (Phi) is 20.2. The van der Waals surface area contributed by atoms with Gasteiger partial charge in [-0.15, -0.1) is 0 Å². The summed E-state index contributed by atoms with van der Waals surface area (Å²) in [5, 5.41) is 0. The maximum absolute atomic E-state index is 4.83. The maximum Gasteiger partial charge on any atom is 0.0454 e. The summed E-state index contributed by atoms with van der Waals surface area (Å²) in [6.07, 6.45) is 0. The van der Waals surface area contributed by atoms with E-state index in [1.807, 2.05) is 0 Å². The van der Waals surface area contributed by atoms with Crippen LogP contribution in [0, 0.1) is 0 Å². The van der Waals surface area contributed by atoms with Crippen molar-refractivity contribution in [1.82, 2.24) is 0 Å². The number of hydrogen-bond acceptors (Lipinski definition) is 1. The zero-order chi connectivity index (χ0) is 2.71. The van der Waals surface area contributed by atoms with Crippen molar-refractivity contribution in [3.8, 4) is 0 Å². The Morgan fingerprint density at radius 3 is 1.75 bits per heavy atom. The SMILES string of the molecule is NCI.[Pb]. The van der Waals surface area contributed by atoms with Crippen molar-refractivity contribution in [1.29, 1.82) is 0 Å². The predicted molar refractivity (Wildman–Crippen MR) is 28.8 cm³/mol. The molecule has 0 aliphatic carbocycles. The van der Waals surface area contributed by atoms with E-state index in [4.69, 9.17) is 5.73 Å². The monoisotopic (exact) mass is 365 g/mol. The molecule has 0 aromatic carbocycles. The first-order valence-electron chi connectivity index (χ1n) is 0.676. The van der Waals surface area contributed by atoms with Crippen LogP contribution in [0.4, 0.5) is 0 Å². The molecule has 0 spiro atoms. The normalized spacial score (nSPS) is 4.50. The van der Waals surface area contributed by atoms with Gasteiger partial charge in [-0.05, 0) is 0 Å². The summed E-state index contributed by atoms with van der Waals surface area (Å²) in [5.74, 6) is 0. The molecule has 4 heavy (non-hydrogen) atoms. The molecule has 2 N–H and O–H groups in total. The van der Waals surface area contributed by atoms with Crippen molar-refractivity contribution in [3.05, 3.63) is 0 Å². The molecular weight excluding hydrogens is 360 g/mol. The fourth-order valence-corrected chi connectivity index (χ4v) is 0. The minimum Gasteiger partial charge on any atom is -0.322 e. The second-order valence-electron chi connectivity index (χ2n) is 0.154. The molecule has 0 rings (SSSR count). The molecule has 1 nitrogen and oxygen atoms in total. The van der Waals surface area contributed by atoms with Crippen molar-refractivity contribution in [3.63, 3.8) is 0 Å². The van der Waals surface area contributed by atoms with Gasteiger partial charge in [0.25, 0.3) is 0 Å². The van der Waals surface area contributed by atoms with E-state index < -0.39 is 0 Å². The van der Waals surface area contributed by atoms with E-state index in [1.165, 1.54) is 0 Å². The second-order valence-corrected chi connectivity index (χ2v) is 1.04. The van der Waals surface area contributed by atoms with Crippen molar-refractivity contribution in [2.75, 3.05) is 4.55 Å². The zero-order valence-corrected chi connectivity index (χ0v) is 8.21. The third-order valence-electron chi connectivity index (χ3n) is 0. The molecule has 24 valence electrons. The van der Waals surface area contributed by atoms with E-state index in [1.54, 1.807) is 0 Å². The topological polar surface area (TPSA) is 26.0 Å².